The predicted octanol–water partition coefficient (Wildman–Crippen LogP) is 1.83. The molecule has 0 bridgehead atoms. The van der Waals surface area contributed by atoms with Crippen LogP contribution < -0.4 is 0 Å². The molecule has 0 radical (unpaired) electrons. The zero-order valence-corrected chi connectivity index (χ0v) is 13.8. The lowest BCUT2D eigenvalue weighted by Gasteiger charge is -2.21. The Morgan fingerprint density at radius 3 is 2.33 bits per heavy atom. The number of rotatable bonds is 9. The first-order valence-electron chi connectivity index (χ1n) is 7.17. The van der Waals surface area contributed by atoms with Crippen LogP contribution in [0.2, 0.25) is 0 Å². The van der Waals surface area contributed by atoms with Crippen molar-refractivity contribution >= 4 is 10.0 Å². The molecule has 1 N–H and O–H groups in total. The highest BCUT2D eigenvalue weighted by molar-refractivity contribution is 7.89. The van der Waals surface area contributed by atoms with Crippen LogP contribution in [-0.2, 0) is 14.8 Å². The van der Waals surface area contributed by atoms with Gasteiger partial charge in [-0.1, -0.05) is 26.0 Å². The van der Waals surface area contributed by atoms with Crippen LogP contribution in [-0.4, -0.2) is 51.2 Å². The lowest BCUT2D eigenvalue weighted by Crippen LogP contribution is -2.36. The van der Waals surface area contributed by atoms with Crippen LogP contribution in [0.15, 0.2) is 29.2 Å². The summed E-state index contributed by atoms with van der Waals surface area (Å²) in [6.07, 6.45) is 1.01. The van der Waals surface area contributed by atoms with Gasteiger partial charge in [-0.15, -0.1) is 0 Å². The van der Waals surface area contributed by atoms with E-state index in [0.717, 1.165) is 12.0 Å². The minimum absolute atomic E-state index is 0.0683. The monoisotopic (exact) mass is 315 g/mol. The Kier molecular flexibility index (Phi) is 7.31. The molecule has 5 nitrogen and oxygen atoms in total. The summed E-state index contributed by atoms with van der Waals surface area (Å²) in [5, 5.41) is 9.05. The third-order valence-corrected chi connectivity index (χ3v) is 5.51. The lowest BCUT2D eigenvalue weighted by atomic mass is 9.99. The quantitative estimate of drug-likeness (QED) is 0.755. The summed E-state index contributed by atoms with van der Waals surface area (Å²) < 4.78 is 31.2. The number of aliphatic hydroxyl groups is 1. The van der Waals surface area contributed by atoms with E-state index in [9.17, 15) is 8.42 Å². The number of hydrogen-bond donors (Lipinski definition) is 1. The highest BCUT2D eigenvalue weighted by Crippen LogP contribution is 2.22. The van der Waals surface area contributed by atoms with Crippen LogP contribution in [0.25, 0.3) is 0 Å². The second-order valence-electron chi connectivity index (χ2n) is 5.00. The van der Waals surface area contributed by atoms with Gasteiger partial charge in [0.15, 0.2) is 0 Å². The Hall–Kier alpha value is -0.950. The smallest absolute Gasteiger partial charge is 0.243 e. The van der Waals surface area contributed by atoms with Crippen LogP contribution >= 0.6 is 0 Å². The van der Waals surface area contributed by atoms with Gasteiger partial charge in [-0.2, -0.15) is 4.31 Å². The second kappa shape index (κ2) is 8.48. The molecule has 120 valence electrons. The van der Waals surface area contributed by atoms with E-state index in [1.165, 1.54) is 11.4 Å². The standard InChI is InChI=1S/C15H25NO4S/c1-4-13(2)14-5-7-15(8-6-14)21(18,19)16(9-11-17)10-12-20-3/h5-8,13,17H,4,9-12H2,1-3H3. The summed E-state index contributed by atoms with van der Waals surface area (Å²) in [5.74, 6) is 0.406. The van der Waals surface area contributed by atoms with Gasteiger partial charge in [0.2, 0.25) is 10.0 Å². The topological polar surface area (TPSA) is 66.8 Å². The van der Waals surface area contributed by atoms with E-state index < -0.39 is 10.0 Å². The molecule has 0 amide bonds. The van der Waals surface area contributed by atoms with Crippen molar-refractivity contribution in [3.05, 3.63) is 29.8 Å². The van der Waals surface area contributed by atoms with Crippen molar-refractivity contribution < 1.29 is 18.3 Å². The molecule has 1 aromatic rings. The molecular formula is C15H25NO4S. The normalized spacial score (nSPS) is 13.6. The maximum atomic E-state index is 12.5. The SMILES string of the molecule is CCC(C)c1ccc(S(=O)(=O)N(CCO)CCOC)cc1. The number of methoxy groups -OCH3 is 1. The lowest BCUT2D eigenvalue weighted by molar-refractivity contribution is 0.168. The fraction of sp³-hybridized carbons (Fsp3) is 0.600. The number of benzene rings is 1. The summed E-state index contributed by atoms with van der Waals surface area (Å²) in [5.41, 5.74) is 1.13. The Bertz CT molecular complexity index is 513. The van der Waals surface area contributed by atoms with Crippen molar-refractivity contribution in [2.45, 2.75) is 31.1 Å². The molecule has 1 rings (SSSR count). The maximum Gasteiger partial charge on any atom is 0.243 e. The third-order valence-electron chi connectivity index (χ3n) is 3.59. The summed E-state index contributed by atoms with van der Waals surface area (Å²) >= 11 is 0. The number of ether oxygens (including phenoxy) is 1. The van der Waals surface area contributed by atoms with Gasteiger partial charge in [0.1, 0.15) is 0 Å². The summed E-state index contributed by atoms with van der Waals surface area (Å²) in [6, 6.07) is 6.98. The highest BCUT2D eigenvalue weighted by atomic mass is 32.2. The van der Waals surface area contributed by atoms with Crippen LogP contribution in [0.1, 0.15) is 31.7 Å². The first-order valence-corrected chi connectivity index (χ1v) is 8.61. The van der Waals surface area contributed by atoms with Gasteiger partial charge in [-0.25, -0.2) is 8.42 Å². The van der Waals surface area contributed by atoms with Crippen molar-refractivity contribution in [3.8, 4) is 0 Å². The van der Waals surface area contributed by atoms with Crippen LogP contribution in [0.4, 0.5) is 0 Å². The molecule has 1 atom stereocenters. The van der Waals surface area contributed by atoms with Gasteiger partial charge in [0, 0.05) is 20.2 Å². The number of sulfonamides is 1. The van der Waals surface area contributed by atoms with E-state index in [1.54, 1.807) is 12.1 Å². The molecule has 0 saturated heterocycles. The molecule has 1 unspecified atom stereocenters. The minimum Gasteiger partial charge on any atom is -0.395 e. The zero-order valence-electron chi connectivity index (χ0n) is 12.9. The predicted molar refractivity (Wildman–Crippen MR) is 82.9 cm³/mol. The molecular weight excluding hydrogens is 290 g/mol. The Balaban J connectivity index is 2.98. The fourth-order valence-corrected chi connectivity index (χ4v) is 3.42. The van der Waals surface area contributed by atoms with Gasteiger partial charge in [0.05, 0.1) is 18.1 Å². The second-order valence-corrected chi connectivity index (χ2v) is 6.94. The summed E-state index contributed by atoms with van der Waals surface area (Å²) in [7, 11) is -2.07. The van der Waals surface area contributed by atoms with E-state index in [-0.39, 0.29) is 24.6 Å². The first-order chi connectivity index (χ1) is 9.97. The largest absolute Gasteiger partial charge is 0.395 e. The molecule has 0 aliphatic carbocycles. The van der Waals surface area contributed by atoms with Crippen molar-refractivity contribution in [3.63, 3.8) is 0 Å². The van der Waals surface area contributed by atoms with Crippen LogP contribution in [0.3, 0.4) is 0 Å². The van der Waals surface area contributed by atoms with Gasteiger partial charge < -0.3 is 9.84 Å². The van der Waals surface area contributed by atoms with Gasteiger partial charge in [-0.3, -0.25) is 0 Å². The molecule has 0 saturated carbocycles. The van der Waals surface area contributed by atoms with E-state index >= 15 is 0 Å². The van der Waals surface area contributed by atoms with Gasteiger partial charge in [0.25, 0.3) is 0 Å². The Morgan fingerprint density at radius 2 is 1.86 bits per heavy atom. The zero-order chi connectivity index (χ0) is 15.9. The average Bonchev–Trinajstić information content (AvgIpc) is 2.50. The minimum atomic E-state index is -3.59. The van der Waals surface area contributed by atoms with Crippen LogP contribution in [0.5, 0.6) is 0 Å². The molecule has 21 heavy (non-hydrogen) atoms. The number of hydrogen-bond acceptors (Lipinski definition) is 4. The van der Waals surface area contributed by atoms with E-state index in [1.807, 2.05) is 12.1 Å². The molecule has 1 aromatic carbocycles. The van der Waals surface area contributed by atoms with E-state index in [0.29, 0.717) is 12.5 Å². The van der Waals surface area contributed by atoms with Gasteiger partial charge >= 0.3 is 0 Å². The summed E-state index contributed by atoms with van der Waals surface area (Å²) in [4.78, 5) is 0.249. The molecule has 0 fully saturated rings. The van der Waals surface area contributed by atoms with Crippen molar-refractivity contribution in [2.75, 3.05) is 33.4 Å². The highest BCUT2D eigenvalue weighted by Gasteiger charge is 2.23. The maximum absolute atomic E-state index is 12.5. The molecule has 6 heteroatoms. The van der Waals surface area contributed by atoms with Crippen molar-refractivity contribution in [1.29, 1.82) is 0 Å². The van der Waals surface area contributed by atoms with Crippen LogP contribution in [0, 0.1) is 0 Å². The fourth-order valence-electron chi connectivity index (χ4n) is 2.01. The average molecular weight is 315 g/mol. The number of aliphatic hydroxyl groups excluding tert-OH is 1. The molecule has 0 aliphatic heterocycles. The van der Waals surface area contributed by atoms with Gasteiger partial charge in [-0.05, 0) is 30.0 Å². The molecule has 0 aliphatic rings. The van der Waals surface area contributed by atoms with E-state index in [2.05, 4.69) is 13.8 Å². The molecule has 0 aromatic heterocycles. The molecule has 0 heterocycles. The third kappa shape index (κ3) is 4.78. The summed E-state index contributed by atoms with van der Waals surface area (Å²) in [6.45, 7) is 4.59. The van der Waals surface area contributed by atoms with E-state index in [4.69, 9.17) is 9.84 Å². The van der Waals surface area contributed by atoms with Crippen molar-refractivity contribution in [1.82, 2.24) is 4.31 Å². The first kappa shape index (κ1) is 18.1. The Labute approximate surface area is 127 Å². The molecule has 0 spiro atoms. The number of nitrogens with zero attached hydrogens (tertiary/aromatic N) is 1. The van der Waals surface area contributed by atoms with Crippen molar-refractivity contribution in [2.24, 2.45) is 0 Å². The Morgan fingerprint density at radius 1 is 1.24 bits per heavy atom.